The lowest BCUT2D eigenvalue weighted by atomic mass is 10.1. The Hall–Kier alpha value is -2.69. The van der Waals surface area contributed by atoms with Crippen molar-refractivity contribution in [2.45, 2.75) is 45.7 Å². The molecule has 4 nitrogen and oxygen atoms in total. The van der Waals surface area contributed by atoms with Gasteiger partial charge in [-0.3, -0.25) is 4.79 Å². The number of imidazole rings is 1. The first-order valence-corrected chi connectivity index (χ1v) is 9.05. The van der Waals surface area contributed by atoms with Crippen molar-refractivity contribution < 1.29 is 9.18 Å². The van der Waals surface area contributed by atoms with Gasteiger partial charge in [0.1, 0.15) is 11.6 Å². The molecule has 0 fully saturated rings. The van der Waals surface area contributed by atoms with Crippen LogP contribution in [0.25, 0.3) is 11.0 Å². The molecular formula is C21H24FN3O. The van der Waals surface area contributed by atoms with E-state index in [1.807, 2.05) is 34.9 Å². The summed E-state index contributed by atoms with van der Waals surface area (Å²) in [6, 6.07) is 14.4. The maximum absolute atomic E-state index is 14.2. The van der Waals surface area contributed by atoms with Crippen LogP contribution in [0.5, 0.6) is 0 Å². The molecule has 0 radical (unpaired) electrons. The normalized spacial score (nSPS) is 12.3. The van der Waals surface area contributed by atoms with Crippen LogP contribution in [0.1, 0.15) is 50.5 Å². The van der Waals surface area contributed by atoms with Gasteiger partial charge >= 0.3 is 0 Å². The van der Waals surface area contributed by atoms with Crippen molar-refractivity contribution in [3.8, 4) is 0 Å². The maximum atomic E-state index is 14.2. The van der Waals surface area contributed by atoms with Gasteiger partial charge < -0.3 is 9.88 Å². The van der Waals surface area contributed by atoms with Crippen LogP contribution in [-0.4, -0.2) is 15.5 Å². The summed E-state index contributed by atoms with van der Waals surface area (Å²) in [7, 11) is 0. The zero-order valence-corrected chi connectivity index (χ0v) is 15.2. The number of nitrogens with one attached hydrogen (secondary N) is 1. The van der Waals surface area contributed by atoms with E-state index >= 15 is 0 Å². The van der Waals surface area contributed by atoms with Gasteiger partial charge in [0.25, 0.3) is 0 Å². The molecule has 0 unspecified atom stereocenters. The van der Waals surface area contributed by atoms with Gasteiger partial charge in [0, 0.05) is 12.5 Å². The molecule has 1 aromatic heterocycles. The second-order valence-corrected chi connectivity index (χ2v) is 6.53. The number of halogens is 1. The van der Waals surface area contributed by atoms with Gasteiger partial charge in [0.15, 0.2) is 0 Å². The van der Waals surface area contributed by atoms with Gasteiger partial charge in [0.2, 0.25) is 5.91 Å². The van der Waals surface area contributed by atoms with E-state index < -0.39 is 0 Å². The van der Waals surface area contributed by atoms with Crippen molar-refractivity contribution in [1.29, 1.82) is 0 Å². The van der Waals surface area contributed by atoms with E-state index in [4.69, 9.17) is 4.98 Å². The van der Waals surface area contributed by atoms with Gasteiger partial charge in [-0.25, -0.2) is 9.37 Å². The average Bonchev–Trinajstić information content (AvgIpc) is 2.99. The zero-order chi connectivity index (χ0) is 18.5. The predicted molar refractivity (Wildman–Crippen MR) is 101 cm³/mol. The summed E-state index contributed by atoms with van der Waals surface area (Å²) in [6.45, 7) is 4.01. The van der Waals surface area contributed by atoms with E-state index in [9.17, 15) is 9.18 Å². The van der Waals surface area contributed by atoms with Crippen LogP contribution < -0.4 is 5.32 Å². The van der Waals surface area contributed by atoms with Gasteiger partial charge in [0.05, 0.1) is 23.6 Å². The van der Waals surface area contributed by atoms with E-state index in [0.29, 0.717) is 12.1 Å². The molecule has 1 atom stereocenters. The summed E-state index contributed by atoms with van der Waals surface area (Å²) < 4.78 is 16.2. The van der Waals surface area contributed by atoms with E-state index in [-0.39, 0.29) is 17.8 Å². The van der Waals surface area contributed by atoms with E-state index in [1.54, 1.807) is 12.1 Å². The lowest BCUT2D eigenvalue weighted by molar-refractivity contribution is -0.119. The highest BCUT2D eigenvalue weighted by molar-refractivity contribution is 5.77. The quantitative estimate of drug-likeness (QED) is 0.675. The summed E-state index contributed by atoms with van der Waals surface area (Å²) in [5.74, 6) is 0.453. The van der Waals surface area contributed by atoms with Crippen LogP contribution >= 0.6 is 0 Å². The third-order valence-electron chi connectivity index (χ3n) is 4.51. The molecule has 0 aliphatic heterocycles. The number of aromatic nitrogens is 2. The monoisotopic (exact) mass is 353 g/mol. The lowest BCUT2D eigenvalue weighted by Gasteiger charge is -2.19. The molecule has 5 heteroatoms. The van der Waals surface area contributed by atoms with Gasteiger partial charge in [-0.05, 0) is 24.6 Å². The predicted octanol–water partition coefficient (Wildman–Crippen LogP) is 4.59. The fourth-order valence-corrected chi connectivity index (χ4v) is 3.24. The molecule has 0 saturated carbocycles. The van der Waals surface area contributed by atoms with Crippen molar-refractivity contribution in [2.75, 3.05) is 0 Å². The molecule has 0 saturated heterocycles. The Balaban J connectivity index is 2.08. The Kier molecular flexibility index (Phi) is 5.66. The summed E-state index contributed by atoms with van der Waals surface area (Å²) in [5, 5.41) is 3.02. The largest absolute Gasteiger partial charge is 0.346 e. The summed E-state index contributed by atoms with van der Waals surface area (Å²) in [5.41, 5.74) is 2.40. The number of rotatable bonds is 7. The van der Waals surface area contributed by atoms with Crippen LogP contribution in [0.15, 0.2) is 48.5 Å². The van der Waals surface area contributed by atoms with Crippen molar-refractivity contribution >= 4 is 16.9 Å². The highest BCUT2D eigenvalue weighted by Gasteiger charge is 2.21. The number of carbonyl (C=O) groups excluding carboxylic acids is 1. The van der Waals surface area contributed by atoms with Crippen LogP contribution in [0, 0.1) is 5.82 Å². The molecule has 1 N–H and O–H groups in total. The third-order valence-corrected chi connectivity index (χ3v) is 4.51. The summed E-state index contributed by atoms with van der Waals surface area (Å²) in [6.07, 6.45) is 2.81. The molecule has 136 valence electrons. The number of para-hydroxylation sites is 2. The highest BCUT2D eigenvalue weighted by Crippen LogP contribution is 2.26. The van der Waals surface area contributed by atoms with Crippen LogP contribution in [0.3, 0.4) is 0 Å². The SMILES string of the molecule is CCCC[C@@H](NC(C)=O)c1nc2ccccc2n1Cc1ccccc1F. The summed E-state index contributed by atoms with van der Waals surface area (Å²) >= 11 is 0. The molecular weight excluding hydrogens is 329 g/mol. The Bertz CT molecular complexity index is 903. The standard InChI is InChI=1S/C21H24FN3O/c1-3-4-11-19(23-15(2)26)21-24-18-12-7-8-13-20(18)25(21)14-16-9-5-6-10-17(16)22/h5-10,12-13,19H,3-4,11,14H2,1-2H3,(H,23,26)/t19-/m1/s1. The molecule has 2 aromatic carbocycles. The van der Waals surface area contributed by atoms with Gasteiger partial charge in [-0.2, -0.15) is 0 Å². The third kappa shape index (κ3) is 3.93. The zero-order valence-electron chi connectivity index (χ0n) is 15.2. The number of amides is 1. The van der Waals surface area contributed by atoms with Crippen molar-refractivity contribution in [3.63, 3.8) is 0 Å². The number of hydrogen-bond donors (Lipinski definition) is 1. The van der Waals surface area contributed by atoms with E-state index in [1.165, 1.54) is 13.0 Å². The number of nitrogens with zero attached hydrogens (tertiary/aromatic N) is 2. The molecule has 1 heterocycles. The fraction of sp³-hybridized carbons (Fsp3) is 0.333. The molecule has 0 aliphatic rings. The number of benzene rings is 2. The first-order valence-electron chi connectivity index (χ1n) is 9.05. The number of fused-ring (bicyclic) bond motifs is 1. The van der Waals surface area contributed by atoms with Crippen molar-refractivity contribution in [2.24, 2.45) is 0 Å². The highest BCUT2D eigenvalue weighted by atomic mass is 19.1. The van der Waals surface area contributed by atoms with Gasteiger partial charge in [-0.15, -0.1) is 0 Å². The van der Waals surface area contributed by atoms with E-state index in [0.717, 1.165) is 36.1 Å². The average molecular weight is 353 g/mol. The second kappa shape index (κ2) is 8.13. The molecule has 26 heavy (non-hydrogen) atoms. The van der Waals surface area contributed by atoms with Crippen molar-refractivity contribution in [3.05, 3.63) is 65.7 Å². The minimum Gasteiger partial charge on any atom is -0.346 e. The fourth-order valence-electron chi connectivity index (χ4n) is 3.24. The first kappa shape index (κ1) is 18.1. The Morgan fingerprint density at radius 2 is 1.92 bits per heavy atom. The molecule has 0 aliphatic carbocycles. The molecule has 1 amide bonds. The summed E-state index contributed by atoms with van der Waals surface area (Å²) in [4.78, 5) is 16.5. The minimum atomic E-state index is -0.235. The number of carbonyl (C=O) groups is 1. The Morgan fingerprint density at radius 1 is 1.19 bits per heavy atom. The number of hydrogen-bond acceptors (Lipinski definition) is 2. The van der Waals surface area contributed by atoms with Crippen LogP contribution in [0.2, 0.25) is 0 Å². The Labute approximate surface area is 153 Å². The molecule has 0 bridgehead atoms. The molecule has 3 rings (SSSR count). The van der Waals surface area contributed by atoms with Crippen LogP contribution in [-0.2, 0) is 11.3 Å². The number of unbranched alkanes of at least 4 members (excludes halogenated alkanes) is 1. The molecule has 3 aromatic rings. The second-order valence-electron chi connectivity index (χ2n) is 6.53. The smallest absolute Gasteiger partial charge is 0.217 e. The lowest BCUT2D eigenvalue weighted by Crippen LogP contribution is -2.28. The van der Waals surface area contributed by atoms with E-state index in [2.05, 4.69) is 12.2 Å². The van der Waals surface area contributed by atoms with Crippen molar-refractivity contribution in [1.82, 2.24) is 14.9 Å². The Morgan fingerprint density at radius 3 is 2.65 bits per heavy atom. The maximum Gasteiger partial charge on any atom is 0.217 e. The minimum absolute atomic E-state index is 0.0874. The molecule has 0 spiro atoms. The first-order chi connectivity index (χ1) is 12.6. The van der Waals surface area contributed by atoms with Crippen LogP contribution in [0.4, 0.5) is 4.39 Å². The topological polar surface area (TPSA) is 46.9 Å². The van der Waals surface area contributed by atoms with Gasteiger partial charge in [-0.1, -0.05) is 50.1 Å².